The Morgan fingerprint density at radius 1 is 0.893 bits per heavy atom. The van der Waals surface area contributed by atoms with Crippen LogP contribution in [-0.2, 0) is 26.5 Å². The number of carbonyl (C=O) groups excluding carboxylic acids is 1. The van der Waals surface area contributed by atoms with Crippen LogP contribution in [0.5, 0.6) is 0 Å². The summed E-state index contributed by atoms with van der Waals surface area (Å²) in [4.78, 5) is 13.0. The van der Waals surface area contributed by atoms with Crippen LogP contribution in [-0.4, -0.2) is 13.1 Å². The minimum atomic E-state index is -1.29. The fourth-order valence-electron chi connectivity index (χ4n) is 3.62. The molecule has 28 heavy (non-hydrogen) atoms. The Kier molecular flexibility index (Phi) is 5.03. The number of methoxy groups -OCH3 is 1. The van der Waals surface area contributed by atoms with Gasteiger partial charge in [0.05, 0.1) is 5.57 Å². The molecule has 0 N–H and O–H groups in total. The maximum absolute atomic E-state index is 13.0. The Morgan fingerprint density at radius 3 is 2.11 bits per heavy atom. The van der Waals surface area contributed by atoms with E-state index in [9.17, 15) is 4.79 Å². The highest BCUT2D eigenvalue weighted by atomic mass is 35.5. The third-order valence-electron chi connectivity index (χ3n) is 4.94. The molecule has 1 atom stereocenters. The van der Waals surface area contributed by atoms with Gasteiger partial charge in [0.15, 0.2) is 0 Å². The lowest BCUT2D eigenvalue weighted by Gasteiger charge is -2.30. The first-order valence-electron chi connectivity index (χ1n) is 9.01. The van der Waals surface area contributed by atoms with Crippen LogP contribution in [0.25, 0.3) is 5.57 Å². The van der Waals surface area contributed by atoms with E-state index >= 15 is 0 Å². The van der Waals surface area contributed by atoms with Gasteiger partial charge < -0.3 is 9.47 Å². The minimum Gasteiger partial charge on any atom is -0.421 e. The normalized spacial score (nSPS) is 19.0. The zero-order valence-electron chi connectivity index (χ0n) is 15.4. The molecule has 3 aromatic carbocycles. The molecule has 1 aliphatic heterocycles. The predicted molar refractivity (Wildman–Crippen MR) is 110 cm³/mol. The van der Waals surface area contributed by atoms with Gasteiger partial charge >= 0.3 is 5.97 Å². The van der Waals surface area contributed by atoms with Crippen molar-refractivity contribution in [1.82, 2.24) is 0 Å². The van der Waals surface area contributed by atoms with Gasteiger partial charge in [0.25, 0.3) is 5.79 Å². The number of hydrogen-bond acceptors (Lipinski definition) is 3. The first-order chi connectivity index (χ1) is 13.6. The summed E-state index contributed by atoms with van der Waals surface area (Å²) in [5.74, 6) is -1.68. The number of benzene rings is 3. The van der Waals surface area contributed by atoms with Crippen molar-refractivity contribution in [1.29, 1.82) is 0 Å². The number of ether oxygens (including phenoxy) is 2. The van der Waals surface area contributed by atoms with Gasteiger partial charge in [0, 0.05) is 29.7 Å². The van der Waals surface area contributed by atoms with Gasteiger partial charge in [-0.05, 0) is 23.3 Å². The van der Waals surface area contributed by atoms with Crippen molar-refractivity contribution in [3.05, 3.63) is 112 Å². The number of carbonyl (C=O) groups is 1. The second kappa shape index (κ2) is 7.63. The molecule has 0 bridgehead atoms. The molecule has 0 radical (unpaired) electrons. The first-order valence-corrected chi connectivity index (χ1v) is 9.39. The van der Waals surface area contributed by atoms with Gasteiger partial charge in [0.2, 0.25) is 0 Å². The van der Waals surface area contributed by atoms with E-state index in [4.69, 9.17) is 21.1 Å². The lowest BCUT2D eigenvalue weighted by atomic mass is 9.88. The maximum atomic E-state index is 13.0. The molecule has 1 aliphatic rings. The SMILES string of the molecule is COC1(c2ccc(Cl)cc2)OC(=O)C(c2ccccc2)=C1Cc1ccccc1. The first kappa shape index (κ1) is 18.5. The van der Waals surface area contributed by atoms with E-state index in [1.165, 1.54) is 0 Å². The quantitative estimate of drug-likeness (QED) is 0.548. The molecular weight excluding hydrogens is 372 g/mol. The van der Waals surface area contributed by atoms with E-state index in [1.807, 2.05) is 72.8 Å². The molecule has 3 nitrogen and oxygen atoms in total. The van der Waals surface area contributed by atoms with Crippen molar-refractivity contribution in [2.45, 2.75) is 12.2 Å². The van der Waals surface area contributed by atoms with Gasteiger partial charge in [0.1, 0.15) is 0 Å². The maximum Gasteiger partial charge on any atom is 0.342 e. The van der Waals surface area contributed by atoms with E-state index in [0.717, 1.165) is 22.3 Å². The highest BCUT2D eigenvalue weighted by Crippen LogP contribution is 2.46. The third kappa shape index (κ3) is 3.24. The Labute approximate surface area is 169 Å². The molecule has 0 saturated heterocycles. The summed E-state index contributed by atoms with van der Waals surface area (Å²) in [6, 6.07) is 26.7. The van der Waals surface area contributed by atoms with Crippen LogP contribution in [0.15, 0.2) is 90.5 Å². The van der Waals surface area contributed by atoms with E-state index in [-0.39, 0.29) is 0 Å². The second-order valence-electron chi connectivity index (χ2n) is 6.60. The Morgan fingerprint density at radius 2 is 1.50 bits per heavy atom. The molecule has 3 aromatic rings. The summed E-state index contributed by atoms with van der Waals surface area (Å²) in [7, 11) is 1.56. The van der Waals surface area contributed by atoms with Crippen LogP contribution >= 0.6 is 11.6 Å². The number of halogens is 1. The molecule has 0 aliphatic carbocycles. The third-order valence-corrected chi connectivity index (χ3v) is 5.19. The van der Waals surface area contributed by atoms with Gasteiger partial charge in [-0.3, -0.25) is 0 Å². The van der Waals surface area contributed by atoms with Crippen molar-refractivity contribution >= 4 is 23.1 Å². The molecular formula is C24H19ClO3. The lowest BCUT2D eigenvalue weighted by Crippen LogP contribution is -2.32. The van der Waals surface area contributed by atoms with Crippen LogP contribution in [0.1, 0.15) is 16.7 Å². The van der Waals surface area contributed by atoms with Crippen molar-refractivity contribution in [2.75, 3.05) is 7.11 Å². The summed E-state index contributed by atoms with van der Waals surface area (Å²) in [6.45, 7) is 0. The highest BCUT2D eigenvalue weighted by molar-refractivity contribution is 6.30. The molecule has 0 fully saturated rings. The van der Waals surface area contributed by atoms with Crippen molar-refractivity contribution in [3.63, 3.8) is 0 Å². The summed E-state index contributed by atoms with van der Waals surface area (Å²) >= 11 is 6.07. The van der Waals surface area contributed by atoms with Crippen LogP contribution in [0, 0.1) is 0 Å². The molecule has 0 spiro atoms. The standard InChI is InChI=1S/C24H19ClO3/c1-27-24(19-12-14-20(25)15-13-19)21(16-17-8-4-2-5-9-17)22(23(26)28-24)18-10-6-3-7-11-18/h2-15H,16H2,1H3. The predicted octanol–water partition coefficient (Wildman–Crippen LogP) is 5.39. The Balaban J connectivity index is 1.93. The molecule has 0 amide bonds. The number of esters is 1. The van der Waals surface area contributed by atoms with Crippen LogP contribution in [0.3, 0.4) is 0 Å². The fourth-order valence-corrected chi connectivity index (χ4v) is 3.74. The molecule has 4 heteroatoms. The minimum absolute atomic E-state index is 0.395. The molecule has 140 valence electrons. The molecule has 0 saturated carbocycles. The molecule has 0 aromatic heterocycles. The monoisotopic (exact) mass is 390 g/mol. The average molecular weight is 391 g/mol. The van der Waals surface area contributed by atoms with Crippen molar-refractivity contribution < 1.29 is 14.3 Å². The van der Waals surface area contributed by atoms with Crippen LogP contribution < -0.4 is 0 Å². The van der Waals surface area contributed by atoms with Gasteiger partial charge in [-0.1, -0.05) is 84.4 Å². The highest BCUT2D eigenvalue weighted by Gasteiger charge is 2.49. The molecule has 1 unspecified atom stereocenters. The van der Waals surface area contributed by atoms with E-state index < -0.39 is 11.8 Å². The molecule has 4 rings (SSSR count). The van der Waals surface area contributed by atoms with Crippen LogP contribution in [0.4, 0.5) is 0 Å². The Bertz CT molecular complexity index is 1010. The van der Waals surface area contributed by atoms with Crippen molar-refractivity contribution in [3.8, 4) is 0 Å². The summed E-state index contributed by atoms with van der Waals surface area (Å²) in [5.41, 5.74) is 3.93. The molecule has 1 heterocycles. The summed E-state index contributed by atoms with van der Waals surface area (Å²) in [5, 5.41) is 0.608. The fraction of sp³-hybridized carbons (Fsp3) is 0.125. The van der Waals surface area contributed by atoms with E-state index in [2.05, 4.69) is 0 Å². The van der Waals surface area contributed by atoms with Gasteiger partial charge in [-0.25, -0.2) is 4.79 Å². The number of cyclic esters (lactones) is 1. The zero-order chi connectivity index (χ0) is 19.6. The van der Waals surface area contributed by atoms with Crippen molar-refractivity contribution in [2.24, 2.45) is 0 Å². The summed E-state index contributed by atoms with van der Waals surface area (Å²) < 4.78 is 11.8. The topological polar surface area (TPSA) is 35.5 Å². The largest absolute Gasteiger partial charge is 0.421 e. The van der Waals surface area contributed by atoms with E-state index in [0.29, 0.717) is 17.0 Å². The zero-order valence-corrected chi connectivity index (χ0v) is 16.1. The van der Waals surface area contributed by atoms with E-state index in [1.54, 1.807) is 19.2 Å². The summed E-state index contributed by atoms with van der Waals surface area (Å²) in [6.07, 6.45) is 0.521. The Hall–Kier alpha value is -2.88. The van der Waals surface area contributed by atoms with Crippen LogP contribution in [0.2, 0.25) is 5.02 Å². The second-order valence-corrected chi connectivity index (χ2v) is 7.04. The smallest absolute Gasteiger partial charge is 0.342 e. The van der Waals surface area contributed by atoms with Gasteiger partial charge in [-0.2, -0.15) is 0 Å². The number of rotatable bonds is 5. The lowest BCUT2D eigenvalue weighted by molar-refractivity contribution is -0.197. The number of hydrogen-bond donors (Lipinski definition) is 0. The average Bonchev–Trinajstić information content (AvgIpc) is 3.02. The van der Waals surface area contributed by atoms with Gasteiger partial charge in [-0.15, -0.1) is 0 Å².